The summed E-state index contributed by atoms with van der Waals surface area (Å²) in [7, 11) is 3.00. The lowest BCUT2D eigenvalue weighted by Crippen LogP contribution is -2.41. The zero-order valence-electron chi connectivity index (χ0n) is 17.1. The molecule has 3 rings (SSSR count). The van der Waals surface area contributed by atoms with Gasteiger partial charge in [0.1, 0.15) is 5.92 Å². The highest BCUT2D eigenvalue weighted by molar-refractivity contribution is 5.96. The first-order valence-corrected chi connectivity index (χ1v) is 9.28. The number of nitrogens with one attached hydrogen (secondary N) is 3. The van der Waals surface area contributed by atoms with Crippen molar-refractivity contribution in [1.29, 1.82) is 0 Å². The van der Waals surface area contributed by atoms with E-state index >= 15 is 0 Å². The molecule has 0 radical (unpaired) electrons. The smallest absolute Gasteiger partial charge is 0.281 e. The Kier molecular flexibility index (Phi) is 5.88. The van der Waals surface area contributed by atoms with Gasteiger partial charge in [-0.2, -0.15) is 0 Å². The number of nitrogens with zero attached hydrogens (tertiary/aromatic N) is 3. The maximum absolute atomic E-state index is 12.4. The Hall–Kier alpha value is -3.33. The van der Waals surface area contributed by atoms with E-state index in [9.17, 15) is 9.59 Å². The van der Waals surface area contributed by atoms with Crippen LogP contribution in [-0.2, 0) is 9.63 Å². The number of anilines is 2. The van der Waals surface area contributed by atoms with E-state index in [1.807, 2.05) is 32.9 Å². The number of hydroxylamine groups is 1. The van der Waals surface area contributed by atoms with Crippen molar-refractivity contribution in [2.75, 3.05) is 19.5 Å². The lowest BCUT2D eigenvalue weighted by Gasteiger charge is -2.12. The summed E-state index contributed by atoms with van der Waals surface area (Å²) < 4.78 is 1.68. The van der Waals surface area contributed by atoms with Crippen molar-refractivity contribution in [2.45, 2.75) is 20.8 Å². The number of aromatic nitrogens is 3. The SMILES string of the molecule is CNC(=O)C1C=[n+]2ncnc(Nc3ccc(C)c(C(=O)NOC)c3)c2=C1C(C)C. The summed E-state index contributed by atoms with van der Waals surface area (Å²) in [6.07, 6.45) is 3.21. The third-order valence-corrected chi connectivity index (χ3v) is 4.81. The Morgan fingerprint density at radius 3 is 2.69 bits per heavy atom. The normalized spacial score (nSPS) is 15.0. The van der Waals surface area contributed by atoms with Crippen LogP contribution in [0.1, 0.15) is 29.8 Å². The lowest BCUT2D eigenvalue weighted by molar-refractivity contribution is -0.589. The Bertz CT molecular complexity index is 1080. The van der Waals surface area contributed by atoms with Crippen LogP contribution in [0.25, 0.3) is 5.57 Å². The van der Waals surface area contributed by atoms with Crippen molar-refractivity contribution in [3.8, 4) is 0 Å². The number of benzene rings is 1. The van der Waals surface area contributed by atoms with Gasteiger partial charge < -0.3 is 10.6 Å². The van der Waals surface area contributed by atoms with Crippen molar-refractivity contribution in [3.05, 3.63) is 47.2 Å². The summed E-state index contributed by atoms with van der Waals surface area (Å²) in [6.45, 7) is 5.91. The minimum absolute atomic E-state index is 0.0981. The highest BCUT2D eigenvalue weighted by Gasteiger charge is 2.35. The molecule has 2 heterocycles. The molecule has 0 fully saturated rings. The van der Waals surface area contributed by atoms with Crippen LogP contribution in [0.2, 0.25) is 0 Å². The monoisotopic (exact) mass is 397 g/mol. The average Bonchev–Trinajstić information content (AvgIpc) is 3.10. The standard InChI is InChI=1S/C20H24N6O3/c1-11(2)16-15(19(27)21-4)9-26-17(16)18(22-10-23-26)24-13-7-6-12(3)14(8-13)20(28)25-29-5/h6-11,15H,1-5H3,(H2-,21,22,23,24,25,27,28)/p+1. The van der Waals surface area contributed by atoms with Gasteiger partial charge in [0.2, 0.25) is 11.7 Å². The van der Waals surface area contributed by atoms with E-state index in [0.29, 0.717) is 17.1 Å². The van der Waals surface area contributed by atoms with E-state index in [-0.39, 0.29) is 17.7 Å². The second-order valence-electron chi connectivity index (χ2n) is 7.04. The van der Waals surface area contributed by atoms with Gasteiger partial charge in [0, 0.05) is 29.0 Å². The molecule has 2 aromatic rings. The number of carbonyl (C=O) groups excluding carboxylic acids is 2. The number of fused-ring (bicyclic) bond motifs is 1. The molecule has 2 amide bonds. The van der Waals surface area contributed by atoms with Crippen LogP contribution in [0.5, 0.6) is 0 Å². The molecular formula is C20H25N6O3+. The molecule has 152 valence electrons. The van der Waals surface area contributed by atoms with E-state index in [0.717, 1.165) is 16.5 Å². The third kappa shape index (κ3) is 3.95. The predicted octanol–water partition coefficient (Wildman–Crippen LogP) is 0.300. The van der Waals surface area contributed by atoms with Gasteiger partial charge in [0.25, 0.3) is 11.3 Å². The highest BCUT2D eigenvalue weighted by atomic mass is 16.6. The summed E-state index contributed by atoms with van der Waals surface area (Å²) in [5.41, 5.74) is 5.24. The van der Waals surface area contributed by atoms with Crippen LogP contribution in [0.3, 0.4) is 0 Å². The fourth-order valence-corrected chi connectivity index (χ4v) is 3.43. The van der Waals surface area contributed by atoms with Crippen molar-refractivity contribution < 1.29 is 18.8 Å². The largest absolute Gasteiger partial charge is 0.358 e. The first kappa shape index (κ1) is 20.4. The second-order valence-corrected chi connectivity index (χ2v) is 7.04. The van der Waals surface area contributed by atoms with Crippen molar-refractivity contribution in [3.63, 3.8) is 0 Å². The fourth-order valence-electron chi connectivity index (χ4n) is 3.43. The molecule has 0 saturated carbocycles. The topological polar surface area (TPSA) is 111 Å². The van der Waals surface area contributed by atoms with E-state index in [1.165, 1.54) is 13.4 Å². The summed E-state index contributed by atoms with van der Waals surface area (Å²) in [5, 5.41) is 11.0. The van der Waals surface area contributed by atoms with Gasteiger partial charge >= 0.3 is 0 Å². The number of hydrogen-bond acceptors (Lipinski definition) is 6. The molecule has 3 N–H and O–H groups in total. The first-order chi connectivity index (χ1) is 13.9. The van der Waals surface area contributed by atoms with Crippen LogP contribution in [0, 0.1) is 25.0 Å². The molecule has 9 nitrogen and oxygen atoms in total. The Labute approximate surface area is 168 Å². The van der Waals surface area contributed by atoms with E-state index in [4.69, 9.17) is 4.84 Å². The molecular weight excluding hydrogens is 372 g/mol. The quantitative estimate of drug-likeness (QED) is 0.478. The van der Waals surface area contributed by atoms with Gasteiger partial charge in [-0.1, -0.05) is 19.9 Å². The summed E-state index contributed by atoms with van der Waals surface area (Å²) >= 11 is 0. The highest BCUT2D eigenvalue weighted by Crippen LogP contribution is 2.24. The van der Waals surface area contributed by atoms with Crippen LogP contribution < -0.4 is 25.8 Å². The number of hydrogen-bond donors (Lipinski definition) is 3. The number of aryl methyl sites for hydroxylation is 1. The third-order valence-electron chi connectivity index (χ3n) is 4.81. The van der Waals surface area contributed by atoms with Crippen molar-refractivity contribution >= 4 is 28.9 Å². The predicted molar refractivity (Wildman–Crippen MR) is 106 cm³/mol. The van der Waals surface area contributed by atoms with Gasteiger partial charge in [-0.05, 0) is 34.9 Å². The Morgan fingerprint density at radius 2 is 2.03 bits per heavy atom. The Balaban J connectivity index is 2.09. The molecule has 1 atom stereocenters. The van der Waals surface area contributed by atoms with Crippen LogP contribution in [0.15, 0.2) is 24.5 Å². The molecule has 1 aliphatic heterocycles. The van der Waals surface area contributed by atoms with Gasteiger partial charge in [-0.15, -0.1) is 0 Å². The van der Waals surface area contributed by atoms with Crippen LogP contribution in [-0.4, -0.2) is 36.1 Å². The summed E-state index contributed by atoms with van der Waals surface area (Å²) in [4.78, 5) is 33.7. The molecule has 0 aliphatic carbocycles. The zero-order valence-corrected chi connectivity index (χ0v) is 17.1. The van der Waals surface area contributed by atoms with Crippen molar-refractivity contribution in [2.24, 2.45) is 11.8 Å². The minimum Gasteiger partial charge on any atom is -0.358 e. The molecule has 0 saturated heterocycles. The van der Waals surface area contributed by atoms with Gasteiger partial charge in [-0.25, -0.2) is 10.5 Å². The Morgan fingerprint density at radius 1 is 1.28 bits per heavy atom. The number of rotatable bonds is 6. The number of carbonyl (C=O) groups is 2. The minimum atomic E-state index is -0.418. The average molecular weight is 397 g/mol. The number of amides is 2. The zero-order chi connectivity index (χ0) is 21.1. The molecule has 9 heteroatoms. The molecule has 0 spiro atoms. The molecule has 1 aromatic heterocycles. The van der Waals surface area contributed by atoms with E-state index < -0.39 is 5.92 Å². The van der Waals surface area contributed by atoms with Gasteiger partial charge in [0.15, 0.2) is 12.5 Å². The van der Waals surface area contributed by atoms with Crippen LogP contribution in [0.4, 0.5) is 11.5 Å². The summed E-state index contributed by atoms with van der Waals surface area (Å²) in [6, 6.07) is 5.43. The van der Waals surface area contributed by atoms with Crippen molar-refractivity contribution in [1.82, 2.24) is 20.9 Å². The lowest BCUT2D eigenvalue weighted by atomic mass is 9.91. The maximum Gasteiger partial charge on any atom is 0.281 e. The van der Waals surface area contributed by atoms with E-state index in [2.05, 4.69) is 26.2 Å². The van der Waals surface area contributed by atoms with Crippen LogP contribution >= 0.6 is 0 Å². The van der Waals surface area contributed by atoms with E-state index in [1.54, 1.807) is 23.7 Å². The molecule has 1 aromatic carbocycles. The summed E-state index contributed by atoms with van der Waals surface area (Å²) in [5.74, 6) is -0.182. The van der Waals surface area contributed by atoms with Gasteiger partial charge in [-0.3, -0.25) is 14.4 Å². The van der Waals surface area contributed by atoms with Gasteiger partial charge in [0.05, 0.1) is 7.11 Å². The molecule has 0 bridgehead atoms. The molecule has 1 aliphatic rings. The fraction of sp³-hybridized carbons (Fsp3) is 0.350. The maximum atomic E-state index is 12.4. The molecule has 29 heavy (non-hydrogen) atoms. The molecule has 1 unspecified atom stereocenters. The second kappa shape index (κ2) is 8.36. The first-order valence-electron chi connectivity index (χ1n) is 9.28.